The molecule has 2 N–H and O–H groups in total. The van der Waals surface area contributed by atoms with Crippen LogP contribution in [0.25, 0.3) is 0 Å². The molecule has 0 saturated heterocycles. The summed E-state index contributed by atoms with van der Waals surface area (Å²) in [4.78, 5) is 20.2. The minimum absolute atomic E-state index is 0.0517. The van der Waals surface area contributed by atoms with Crippen LogP contribution in [-0.2, 0) is 18.4 Å². The van der Waals surface area contributed by atoms with Gasteiger partial charge in [0, 0.05) is 12.0 Å². The van der Waals surface area contributed by atoms with Gasteiger partial charge in [-0.2, -0.15) is 0 Å². The second-order valence-corrected chi connectivity index (χ2v) is 8.37. The van der Waals surface area contributed by atoms with Crippen molar-refractivity contribution in [3.05, 3.63) is 45.5 Å². The smallest absolute Gasteiger partial charge is 0.116 e. The molecule has 0 spiro atoms. The molecule has 8 heteroatoms. The van der Waals surface area contributed by atoms with Gasteiger partial charge in [0.05, 0.1) is 38.4 Å². The maximum Gasteiger partial charge on any atom is 0.116 e. The molecule has 3 unspecified atom stereocenters. The summed E-state index contributed by atoms with van der Waals surface area (Å²) in [7, 11) is 4.12. The summed E-state index contributed by atoms with van der Waals surface area (Å²) >= 11 is 13.6. The fraction of sp³-hybridized carbons (Fsp3) is 0.600. The van der Waals surface area contributed by atoms with Gasteiger partial charge in [-0.1, -0.05) is 37.0 Å². The summed E-state index contributed by atoms with van der Waals surface area (Å²) in [6.45, 7) is 4.09. The Morgan fingerprint density at radius 1 is 1.04 bits per heavy atom. The molecule has 0 radical (unpaired) electrons. The second kappa shape index (κ2) is 8.57. The molecule has 1 saturated carbocycles. The van der Waals surface area contributed by atoms with Crippen LogP contribution in [0, 0.1) is 0 Å². The fourth-order valence-corrected chi connectivity index (χ4v) is 5.19. The van der Waals surface area contributed by atoms with Gasteiger partial charge in [0.2, 0.25) is 0 Å². The Bertz CT molecular complexity index is 843. The van der Waals surface area contributed by atoms with Crippen molar-refractivity contribution < 1.29 is 0 Å². The molecule has 2 aromatic heterocycles. The SMILES string of the molecule is CCc1ncnc(C2CC(N)CCC2(c2ncnc(CC)c2Cl)N(C)C)c1Cl. The minimum atomic E-state index is -0.469. The van der Waals surface area contributed by atoms with Crippen LogP contribution in [0.3, 0.4) is 0 Å². The van der Waals surface area contributed by atoms with Crippen LogP contribution in [0.4, 0.5) is 0 Å². The van der Waals surface area contributed by atoms with Gasteiger partial charge in [-0.25, -0.2) is 19.9 Å². The first-order valence-corrected chi connectivity index (χ1v) is 10.5. The van der Waals surface area contributed by atoms with Crippen molar-refractivity contribution in [3.8, 4) is 0 Å². The highest BCUT2D eigenvalue weighted by atomic mass is 35.5. The average Bonchev–Trinajstić information content (AvgIpc) is 2.68. The molecular formula is C20H28Cl2N6. The number of halogens is 2. The molecule has 0 aliphatic heterocycles. The highest BCUT2D eigenvalue weighted by Gasteiger charge is 2.50. The molecule has 28 heavy (non-hydrogen) atoms. The molecule has 3 rings (SSSR count). The number of nitrogens with two attached hydrogens (primary N) is 1. The van der Waals surface area contributed by atoms with Crippen LogP contribution in [0.2, 0.25) is 10.0 Å². The van der Waals surface area contributed by atoms with Gasteiger partial charge < -0.3 is 5.73 Å². The minimum Gasteiger partial charge on any atom is -0.328 e. The Kier molecular flexibility index (Phi) is 6.54. The molecule has 3 atom stereocenters. The summed E-state index contributed by atoms with van der Waals surface area (Å²) in [5.41, 5.74) is 9.29. The molecule has 2 aromatic rings. The molecule has 152 valence electrons. The number of nitrogens with zero attached hydrogens (tertiary/aromatic N) is 5. The third kappa shape index (κ3) is 3.52. The van der Waals surface area contributed by atoms with Gasteiger partial charge in [-0.3, -0.25) is 4.90 Å². The molecule has 0 aromatic carbocycles. The van der Waals surface area contributed by atoms with E-state index in [0.717, 1.165) is 54.9 Å². The lowest BCUT2D eigenvalue weighted by molar-refractivity contribution is 0.0591. The van der Waals surface area contributed by atoms with Crippen molar-refractivity contribution in [1.82, 2.24) is 24.8 Å². The van der Waals surface area contributed by atoms with E-state index in [1.165, 1.54) is 0 Å². The standard InChI is InChI=1S/C20H28Cl2N6/c1-5-14-16(21)18(26-10-24-14)13-9-12(23)7-8-20(13,28(3)4)19-17(22)15(6-2)25-11-27-19/h10-13H,5-9,23H2,1-4H3. The molecule has 0 bridgehead atoms. The van der Waals surface area contributed by atoms with Crippen molar-refractivity contribution in [3.63, 3.8) is 0 Å². The largest absolute Gasteiger partial charge is 0.328 e. The van der Waals surface area contributed by atoms with Gasteiger partial charge in [0.15, 0.2) is 0 Å². The van der Waals surface area contributed by atoms with Gasteiger partial charge in [0.1, 0.15) is 12.7 Å². The maximum atomic E-state index is 6.81. The molecule has 0 amide bonds. The summed E-state index contributed by atoms with van der Waals surface area (Å²) in [6.07, 6.45) is 7.13. The van der Waals surface area contributed by atoms with Gasteiger partial charge in [-0.15, -0.1) is 0 Å². The van der Waals surface area contributed by atoms with Crippen molar-refractivity contribution in [2.75, 3.05) is 14.1 Å². The number of aryl methyl sites for hydroxylation is 2. The number of hydrogen-bond donors (Lipinski definition) is 1. The number of hydrogen-bond acceptors (Lipinski definition) is 6. The topological polar surface area (TPSA) is 80.8 Å². The Hall–Kier alpha value is -1.34. The summed E-state index contributed by atoms with van der Waals surface area (Å²) in [6, 6.07) is 0.0699. The molecular weight excluding hydrogens is 395 g/mol. The molecule has 1 aliphatic rings. The zero-order valence-corrected chi connectivity index (χ0v) is 18.4. The number of rotatable bonds is 5. The predicted octanol–water partition coefficient (Wildman–Crippen LogP) is 3.75. The average molecular weight is 423 g/mol. The van der Waals surface area contributed by atoms with Crippen molar-refractivity contribution >= 4 is 23.2 Å². The second-order valence-electron chi connectivity index (χ2n) is 7.62. The predicted molar refractivity (Wildman–Crippen MR) is 113 cm³/mol. The Morgan fingerprint density at radius 2 is 1.64 bits per heavy atom. The summed E-state index contributed by atoms with van der Waals surface area (Å²) in [5.74, 6) is -0.0517. The van der Waals surface area contributed by atoms with Gasteiger partial charge >= 0.3 is 0 Å². The van der Waals surface area contributed by atoms with E-state index in [-0.39, 0.29) is 12.0 Å². The maximum absolute atomic E-state index is 6.81. The van der Waals surface area contributed by atoms with Crippen molar-refractivity contribution in [2.24, 2.45) is 5.73 Å². The van der Waals surface area contributed by atoms with E-state index < -0.39 is 5.54 Å². The quantitative estimate of drug-likeness (QED) is 0.789. The first kappa shape index (κ1) is 21.4. The summed E-state index contributed by atoms with van der Waals surface area (Å²) < 4.78 is 0. The Labute approximate surface area is 176 Å². The zero-order valence-electron chi connectivity index (χ0n) is 16.9. The van der Waals surface area contributed by atoms with Gasteiger partial charge in [-0.05, 0) is 46.2 Å². The number of aromatic nitrogens is 4. The lowest BCUT2D eigenvalue weighted by Gasteiger charge is -2.50. The Balaban J connectivity index is 2.26. The molecule has 2 heterocycles. The van der Waals surface area contributed by atoms with Crippen LogP contribution in [0.1, 0.15) is 61.8 Å². The highest BCUT2D eigenvalue weighted by Crippen LogP contribution is 2.52. The lowest BCUT2D eigenvalue weighted by atomic mass is 9.66. The molecule has 6 nitrogen and oxygen atoms in total. The zero-order chi connectivity index (χ0) is 20.5. The third-order valence-electron chi connectivity index (χ3n) is 5.97. The van der Waals surface area contributed by atoms with Crippen LogP contribution in [-0.4, -0.2) is 45.0 Å². The Morgan fingerprint density at radius 3 is 2.25 bits per heavy atom. The van der Waals surface area contributed by atoms with E-state index >= 15 is 0 Å². The third-order valence-corrected chi connectivity index (χ3v) is 6.78. The molecule has 1 fully saturated rings. The fourth-order valence-electron chi connectivity index (χ4n) is 4.43. The molecule has 1 aliphatic carbocycles. The van der Waals surface area contributed by atoms with E-state index in [1.807, 2.05) is 13.8 Å². The van der Waals surface area contributed by atoms with Crippen LogP contribution >= 0.6 is 23.2 Å². The number of likely N-dealkylation sites (N-methyl/N-ethyl adjacent to an activating group) is 1. The van der Waals surface area contributed by atoms with Crippen LogP contribution < -0.4 is 5.73 Å². The van der Waals surface area contributed by atoms with E-state index in [2.05, 4.69) is 38.9 Å². The van der Waals surface area contributed by atoms with Crippen LogP contribution in [0.5, 0.6) is 0 Å². The monoisotopic (exact) mass is 422 g/mol. The normalized spacial score (nSPS) is 25.3. The van der Waals surface area contributed by atoms with Crippen LogP contribution in [0.15, 0.2) is 12.7 Å². The van der Waals surface area contributed by atoms with Crippen molar-refractivity contribution in [1.29, 1.82) is 0 Å². The lowest BCUT2D eigenvalue weighted by Crippen LogP contribution is -2.53. The van der Waals surface area contributed by atoms with E-state index in [9.17, 15) is 0 Å². The van der Waals surface area contributed by atoms with E-state index in [1.54, 1.807) is 12.7 Å². The highest BCUT2D eigenvalue weighted by molar-refractivity contribution is 6.32. The van der Waals surface area contributed by atoms with E-state index in [0.29, 0.717) is 10.0 Å². The first-order valence-electron chi connectivity index (χ1n) is 9.78. The summed E-state index contributed by atoms with van der Waals surface area (Å²) in [5, 5.41) is 1.25. The van der Waals surface area contributed by atoms with Gasteiger partial charge in [0.25, 0.3) is 0 Å². The first-order chi connectivity index (χ1) is 13.4. The van der Waals surface area contributed by atoms with Crippen molar-refractivity contribution in [2.45, 2.75) is 63.5 Å². The van der Waals surface area contributed by atoms with E-state index in [4.69, 9.17) is 28.9 Å².